The first-order valence-corrected chi connectivity index (χ1v) is 7.05. The molecule has 2 N–H and O–H groups in total. The van der Waals surface area contributed by atoms with Crippen molar-refractivity contribution in [2.45, 2.75) is 4.21 Å². The van der Waals surface area contributed by atoms with E-state index in [0.717, 1.165) is 3.79 Å². The minimum atomic E-state index is -3.31. The van der Waals surface area contributed by atoms with Crippen molar-refractivity contribution < 1.29 is 8.42 Å². The molecule has 1 aromatic heterocycles. The molecule has 0 saturated carbocycles. The molecule has 1 aromatic rings. The Morgan fingerprint density at radius 1 is 1.40 bits per heavy atom. The van der Waals surface area contributed by atoms with Crippen LogP contribution >= 0.6 is 39.7 Å². The van der Waals surface area contributed by atoms with Crippen LogP contribution in [0.5, 0.6) is 0 Å². The highest BCUT2D eigenvalue weighted by Gasteiger charge is 2.14. The maximum atomic E-state index is 11.6. The van der Waals surface area contributed by atoms with Crippen molar-refractivity contribution in [3.8, 4) is 0 Å². The zero-order valence-corrected chi connectivity index (χ0v) is 12.0. The Labute approximate surface area is 108 Å². The minimum absolute atomic E-state index is 0. The fraction of sp³-hybridized carbons (Fsp3) is 0.429. The SMILES string of the molecule is CNCCNS(=O)(=O)c1ccc(Br)s1.Cl. The van der Waals surface area contributed by atoms with Crippen LogP contribution in [-0.2, 0) is 10.0 Å². The Kier molecular flexibility index (Phi) is 6.98. The Morgan fingerprint density at radius 2 is 2.07 bits per heavy atom. The van der Waals surface area contributed by atoms with Crippen molar-refractivity contribution in [2.75, 3.05) is 20.1 Å². The average Bonchev–Trinajstić information content (AvgIpc) is 2.53. The Bertz CT molecular complexity index is 393. The summed E-state index contributed by atoms with van der Waals surface area (Å²) in [5.41, 5.74) is 0. The summed E-state index contributed by atoms with van der Waals surface area (Å²) < 4.78 is 26.8. The van der Waals surface area contributed by atoms with Gasteiger partial charge in [-0.2, -0.15) is 0 Å². The number of hydrogen-bond donors (Lipinski definition) is 2. The van der Waals surface area contributed by atoms with Crippen molar-refractivity contribution in [2.24, 2.45) is 0 Å². The van der Waals surface area contributed by atoms with Gasteiger partial charge in [0.25, 0.3) is 0 Å². The lowest BCUT2D eigenvalue weighted by atomic mass is 10.7. The summed E-state index contributed by atoms with van der Waals surface area (Å²) in [6.45, 7) is 1.01. The molecule has 4 nitrogen and oxygen atoms in total. The van der Waals surface area contributed by atoms with E-state index in [1.165, 1.54) is 11.3 Å². The first-order chi connectivity index (χ1) is 6.56. The van der Waals surface area contributed by atoms with Crippen LogP contribution in [0.25, 0.3) is 0 Å². The van der Waals surface area contributed by atoms with E-state index in [-0.39, 0.29) is 12.4 Å². The van der Waals surface area contributed by atoms with Crippen molar-refractivity contribution in [3.05, 3.63) is 15.9 Å². The molecule has 15 heavy (non-hydrogen) atoms. The van der Waals surface area contributed by atoms with E-state index in [2.05, 4.69) is 26.0 Å². The van der Waals surface area contributed by atoms with Gasteiger partial charge in [0.15, 0.2) is 0 Å². The van der Waals surface area contributed by atoms with E-state index < -0.39 is 10.0 Å². The van der Waals surface area contributed by atoms with Gasteiger partial charge < -0.3 is 5.32 Å². The Morgan fingerprint density at radius 3 is 2.53 bits per heavy atom. The maximum absolute atomic E-state index is 11.6. The van der Waals surface area contributed by atoms with E-state index in [4.69, 9.17) is 0 Å². The highest BCUT2D eigenvalue weighted by Crippen LogP contribution is 2.25. The van der Waals surface area contributed by atoms with Crippen LogP contribution in [0, 0.1) is 0 Å². The summed E-state index contributed by atoms with van der Waals surface area (Å²) >= 11 is 4.42. The van der Waals surface area contributed by atoms with E-state index in [9.17, 15) is 8.42 Å². The summed E-state index contributed by atoms with van der Waals surface area (Å²) in [5, 5.41) is 2.86. The smallest absolute Gasteiger partial charge is 0.250 e. The molecule has 0 amide bonds. The van der Waals surface area contributed by atoms with Gasteiger partial charge in [-0.05, 0) is 35.1 Å². The van der Waals surface area contributed by atoms with Gasteiger partial charge in [0.2, 0.25) is 10.0 Å². The lowest BCUT2D eigenvalue weighted by Crippen LogP contribution is -2.29. The number of halogens is 2. The molecule has 0 atom stereocenters. The van der Waals surface area contributed by atoms with Crippen LogP contribution in [0.15, 0.2) is 20.1 Å². The average molecular weight is 336 g/mol. The van der Waals surface area contributed by atoms with Crippen LogP contribution in [0.2, 0.25) is 0 Å². The third-order valence-corrected chi connectivity index (χ3v) is 5.06. The molecule has 0 aliphatic carbocycles. The largest absolute Gasteiger partial charge is 0.318 e. The van der Waals surface area contributed by atoms with Crippen LogP contribution in [0.4, 0.5) is 0 Å². The molecule has 0 unspecified atom stereocenters. The molecule has 0 saturated heterocycles. The van der Waals surface area contributed by atoms with Crippen LogP contribution in [0.3, 0.4) is 0 Å². The molecule has 0 aromatic carbocycles. The molecule has 1 rings (SSSR count). The number of likely N-dealkylation sites (N-methyl/N-ethyl adjacent to an activating group) is 1. The molecule has 0 bridgehead atoms. The lowest BCUT2D eigenvalue weighted by Gasteiger charge is -2.03. The van der Waals surface area contributed by atoms with Crippen molar-refractivity contribution in [3.63, 3.8) is 0 Å². The molecule has 0 radical (unpaired) electrons. The van der Waals surface area contributed by atoms with Gasteiger partial charge in [-0.25, -0.2) is 13.1 Å². The van der Waals surface area contributed by atoms with Gasteiger partial charge in [0.1, 0.15) is 4.21 Å². The molecule has 88 valence electrons. The summed E-state index contributed by atoms with van der Waals surface area (Å²) in [5.74, 6) is 0. The summed E-state index contributed by atoms with van der Waals surface area (Å²) in [7, 11) is -1.54. The highest BCUT2D eigenvalue weighted by atomic mass is 79.9. The predicted molar refractivity (Wildman–Crippen MR) is 68.4 cm³/mol. The molecule has 0 fully saturated rings. The van der Waals surface area contributed by atoms with Gasteiger partial charge >= 0.3 is 0 Å². The molecule has 0 spiro atoms. The van der Waals surface area contributed by atoms with E-state index in [1.807, 2.05) is 0 Å². The first-order valence-electron chi connectivity index (χ1n) is 3.96. The molecule has 0 aliphatic heterocycles. The second kappa shape index (κ2) is 6.82. The molecule has 0 aliphatic rings. The zero-order valence-electron chi connectivity index (χ0n) is 7.99. The zero-order chi connectivity index (χ0) is 10.6. The Hall–Kier alpha value is 0.340. The summed E-state index contributed by atoms with van der Waals surface area (Å²) in [6, 6.07) is 3.30. The Balaban J connectivity index is 0.00000196. The summed E-state index contributed by atoms with van der Waals surface area (Å²) in [6.07, 6.45) is 0. The van der Waals surface area contributed by atoms with Gasteiger partial charge in [0, 0.05) is 13.1 Å². The third kappa shape index (κ3) is 4.80. The number of rotatable bonds is 5. The van der Waals surface area contributed by atoms with Gasteiger partial charge in [-0.15, -0.1) is 23.7 Å². The van der Waals surface area contributed by atoms with Crippen LogP contribution in [0.1, 0.15) is 0 Å². The topological polar surface area (TPSA) is 58.2 Å². The van der Waals surface area contributed by atoms with Gasteiger partial charge in [0.05, 0.1) is 3.79 Å². The standard InChI is InChI=1S/C7H11BrN2O2S2.ClH/c1-9-4-5-10-14(11,12)7-3-2-6(8)13-7;/h2-3,9-10H,4-5H2,1H3;1H. The van der Waals surface area contributed by atoms with Crippen LogP contribution in [-0.4, -0.2) is 28.6 Å². The molecular weight excluding hydrogens is 324 g/mol. The second-order valence-corrected chi connectivity index (χ2v) is 7.02. The van der Waals surface area contributed by atoms with Gasteiger partial charge in [-0.3, -0.25) is 0 Å². The number of sulfonamides is 1. The second-order valence-electron chi connectivity index (χ2n) is 2.56. The van der Waals surface area contributed by atoms with Crippen molar-refractivity contribution in [1.29, 1.82) is 0 Å². The lowest BCUT2D eigenvalue weighted by molar-refractivity contribution is 0.581. The van der Waals surface area contributed by atoms with Gasteiger partial charge in [-0.1, -0.05) is 0 Å². The third-order valence-electron chi connectivity index (χ3n) is 1.48. The fourth-order valence-electron chi connectivity index (χ4n) is 0.824. The van der Waals surface area contributed by atoms with E-state index in [0.29, 0.717) is 17.3 Å². The minimum Gasteiger partial charge on any atom is -0.318 e. The molecule has 1 heterocycles. The van der Waals surface area contributed by atoms with E-state index >= 15 is 0 Å². The molecule has 8 heteroatoms. The maximum Gasteiger partial charge on any atom is 0.250 e. The fourth-order valence-corrected chi connectivity index (χ4v) is 3.91. The summed E-state index contributed by atoms with van der Waals surface area (Å²) in [4.78, 5) is 0. The molecular formula is C7H12BrClN2O2S2. The number of thiophene rings is 1. The van der Waals surface area contributed by atoms with Crippen molar-refractivity contribution in [1.82, 2.24) is 10.0 Å². The normalized spacial score (nSPS) is 11.1. The highest BCUT2D eigenvalue weighted by molar-refractivity contribution is 9.11. The number of nitrogens with one attached hydrogen (secondary N) is 2. The quantitative estimate of drug-likeness (QED) is 0.800. The number of hydrogen-bond acceptors (Lipinski definition) is 4. The van der Waals surface area contributed by atoms with E-state index in [1.54, 1.807) is 19.2 Å². The monoisotopic (exact) mass is 334 g/mol. The van der Waals surface area contributed by atoms with Crippen molar-refractivity contribution >= 4 is 49.7 Å². The van der Waals surface area contributed by atoms with Crippen LogP contribution < -0.4 is 10.0 Å². The predicted octanol–water partition coefficient (Wildman–Crippen LogP) is 1.43. The first kappa shape index (κ1) is 15.3.